The molecule has 0 spiro atoms. The van der Waals surface area contributed by atoms with Gasteiger partial charge in [-0.1, -0.05) is 12.1 Å². The number of benzene rings is 2. The molecule has 2 aromatic carbocycles. The van der Waals surface area contributed by atoms with E-state index in [1.54, 1.807) is 12.1 Å². The van der Waals surface area contributed by atoms with E-state index in [0.717, 1.165) is 18.9 Å². The van der Waals surface area contributed by atoms with Crippen LogP contribution < -0.4 is 0 Å². The minimum atomic E-state index is -3.44. The molecule has 116 valence electrons. The van der Waals surface area contributed by atoms with Gasteiger partial charge in [0.15, 0.2) is 0 Å². The summed E-state index contributed by atoms with van der Waals surface area (Å²) in [6.45, 7) is 1.11. The summed E-state index contributed by atoms with van der Waals surface area (Å²) < 4.78 is 39.6. The molecule has 22 heavy (non-hydrogen) atoms. The van der Waals surface area contributed by atoms with Crippen molar-refractivity contribution in [2.75, 3.05) is 13.1 Å². The molecule has 0 bridgehead atoms. The second-order valence-corrected chi connectivity index (χ2v) is 7.27. The van der Waals surface area contributed by atoms with Gasteiger partial charge in [-0.2, -0.15) is 4.31 Å². The van der Waals surface area contributed by atoms with Gasteiger partial charge in [-0.25, -0.2) is 12.8 Å². The minimum absolute atomic E-state index is 0.163. The molecule has 2 aromatic rings. The van der Waals surface area contributed by atoms with E-state index in [9.17, 15) is 17.9 Å². The number of rotatable bonds is 3. The van der Waals surface area contributed by atoms with Gasteiger partial charge >= 0.3 is 0 Å². The average Bonchev–Trinajstić information content (AvgIpc) is 3.01. The van der Waals surface area contributed by atoms with Crippen LogP contribution in [0.25, 0.3) is 11.1 Å². The highest BCUT2D eigenvalue weighted by Crippen LogP contribution is 2.27. The summed E-state index contributed by atoms with van der Waals surface area (Å²) >= 11 is 0. The Labute approximate surface area is 128 Å². The van der Waals surface area contributed by atoms with Gasteiger partial charge in [-0.15, -0.1) is 0 Å². The second kappa shape index (κ2) is 5.70. The first-order valence-electron chi connectivity index (χ1n) is 7.07. The fourth-order valence-corrected chi connectivity index (χ4v) is 4.15. The van der Waals surface area contributed by atoms with Gasteiger partial charge in [0.2, 0.25) is 10.0 Å². The maximum Gasteiger partial charge on any atom is 0.243 e. The Balaban J connectivity index is 1.92. The molecular formula is C16H16FNO3S. The highest BCUT2D eigenvalue weighted by atomic mass is 32.2. The van der Waals surface area contributed by atoms with Gasteiger partial charge in [-0.05, 0) is 48.2 Å². The summed E-state index contributed by atoms with van der Waals surface area (Å²) in [7, 11) is -3.44. The number of sulfonamides is 1. The summed E-state index contributed by atoms with van der Waals surface area (Å²) in [5.41, 5.74) is 1.15. The summed E-state index contributed by atoms with van der Waals surface area (Å²) in [5.74, 6) is -0.701. The van der Waals surface area contributed by atoms with Crippen molar-refractivity contribution in [2.24, 2.45) is 0 Å². The molecule has 6 heteroatoms. The molecule has 0 radical (unpaired) electrons. The number of hydrogen-bond acceptors (Lipinski definition) is 3. The van der Waals surface area contributed by atoms with Crippen LogP contribution in [0.15, 0.2) is 47.4 Å². The van der Waals surface area contributed by atoms with E-state index in [-0.39, 0.29) is 10.6 Å². The Morgan fingerprint density at radius 2 is 1.59 bits per heavy atom. The van der Waals surface area contributed by atoms with Crippen molar-refractivity contribution >= 4 is 10.0 Å². The lowest BCUT2D eigenvalue weighted by Crippen LogP contribution is -2.27. The molecule has 0 atom stereocenters. The molecule has 0 saturated carbocycles. The molecule has 1 heterocycles. The number of aromatic hydroxyl groups is 1. The van der Waals surface area contributed by atoms with Crippen LogP contribution in [0.3, 0.4) is 0 Å². The van der Waals surface area contributed by atoms with E-state index in [4.69, 9.17) is 0 Å². The first-order chi connectivity index (χ1) is 10.5. The lowest BCUT2D eigenvalue weighted by Gasteiger charge is -2.15. The molecule has 0 unspecified atom stereocenters. The highest BCUT2D eigenvalue weighted by molar-refractivity contribution is 7.89. The van der Waals surface area contributed by atoms with E-state index in [1.165, 1.54) is 28.6 Å². The fraction of sp³-hybridized carbons (Fsp3) is 0.250. The molecule has 1 aliphatic heterocycles. The quantitative estimate of drug-likeness (QED) is 0.945. The molecule has 1 fully saturated rings. The van der Waals surface area contributed by atoms with Crippen LogP contribution in [0, 0.1) is 5.82 Å². The number of phenolic OH excluding ortho intramolecular Hbond substituents is 1. The van der Waals surface area contributed by atoms with Crippen LogP contribution in [-0.2, 0) is 10.0 Å². The Bertz CT molecular complexity index is 761. The van der Waals surface area contributed by atoms with Crippen molar-refractivity contribution in [3.05, 3.63) is 48.3 Å². The molecule has 0 aliphatic carbocycles. The molecule has 0 aromatic heterocycles. The Morgan fingerprint density at radius 3 is 2.18 bits per heavy atom. The van der Waals surface area contributed by atoms with Gasteiger partial charge in [0, 0.05) is 19.2 Å². The SMILES string of the molecule is O=S(=O)(c1ccc(-c2cc(O)cc(F)c2)cc1)N1CCCC1. The van der Waals surface area contributed by atoms with Crippen molar-refractivity contribution in [1.82, 2.24) is 4.31 Å². The van der Waals surface area contributed by atoms with Crippen LogP contribution >= 0.6 is 0 Å². The fourth-order valence-electron chi connectivity index (χ4n) is 2.64. The van der Waals surface area contributed by atoms with Crippen molar-refractivity contribution < 1.29 is 17.9 Å². The monoisotopic (exact) mass is 321 g/mol. The summed E-state index contributed by atoms with van der Waals surface area (Å²) in [6.07, 6.45) is 1.78. The number of nitrogens with zero attached hydrogens (tertiary/aromatic N) is 1. The smallest absolute Gasteiger partial charge is 0.243 e. The molecule has 1 saturated heterocycles. The van der Waals surface area contributed by atoms with E-state index < -0.39 is 15.8 Å². The summed E-state index contributed by atoms with van der Waals surface area (Å²) in [6, 6.07) is 10.0. The number of phenols is 1. The average molecular weight is 321 g/mol. The maximum atomic E-state index is 13.3. The largest absolute Gasteiger partial charge is 0.508 e. The lowest BCUT2D eigenvalue weighted by atomic mass is 10.1. The van der Waals surface area contributed by atoms with Gasteiger partial charge in [0.1, 0.15) is 11.6 Å². The van der Waals surface area contributed by atoms with Gasteiger partial charge in [0.05, 0.1) is 4.90 Å². The predicted octanol–water partition coefficient (Wildman–Crippen LogP) is 2.98. The topological polar surface area (TPSA) is 57.6 Å². The van der Waals surface area contributed by atoms with Crippen molar-refractivity contribution in [3.8, 4) is 16.9 Å². The molecule has 0 amide bonds. The highest BCUT2D eigenvalue weighted by Gasteiger charge is 2.26. The Morgan fingerprint density at radius 1 is 0.955 bits per heavy atom. The number of halogens is 1. The number of hydrogen-bond donors (Lipinski definition) is 1. The third-order valence-corrected chi connectivity index (χ3v) is 5.69. The first kappa shape index (κ1) is 15.0. The molecular weight excluding hydrogens is 305 g/mol. The summed E-state index contributed by atoms with van der Waals surface area (Å²) in [4.78, 5) is 0.235. The van der Waals surface area contributed by atoms with Crippen molar-refractivity contribution in [1.29, 1.82) is 0 Å². The predicted molar refractivity (Wildman–Crippen MR) is 81.5 cm³/mol. The minimum Gasteiger partial charge on any atom is -0.508 e. The van der Waals surface area contributed by atoms with Crippen LogP contribution in [0.2, 0.25) is 0 Å². The zero-order chi connectivity index (χ0) is 15.7. The molecule has 1 N–H and O–H groups in total. The normalized spacial score (nSPS) is 16.0. The maximum absolute atomic E-state index is 13.3. The Hall–Kier alpha value is -1.92. The van der Waals surface area contributed by atoms with Gasteiger partial charge in [-0.3, -0.25) is 0 Å². The van der Waals surface area contributed by atoms with Gasteiger partial charge in [0.25, 0.3) is 0 Å². The van der Waals surface area contributed by atoms with E-state index in [1.807, 2.05) is 0 Å². The first-order valence-corrected chi connectivity index (χ1v) is 8.51. The van der Waals surface area contributed by atoms with Crippen molar-refractivity contribution in [3.63, 3.8) is 0 Å². The lowest BCUT2D eigenvalue weighted by molar-refractivity contribution is 0.469. The van der Waals surface area contributed by atoms with Crippen LogP contribution in [0.5, 0.6) is 5.75 Å². The van der Waals surface area contributed by atoms with Crippen LogP contribution in [0.4, 0.5) is 4.39 Å². The van der Waals surface area contributed by atoms with Crippen molar-refractivity contribution in [2.45, 2.75) is 17.7 Å². The van der Waals surface area contributed by atoms with Crippen LogP contribution in [-0.4, -0.2) is 30.9 Å². The third-order valence-electron chi connectivity index (χ3n) is 3.77. The Kier molecular flexibility index (Phi) is 3.88. The molecule has 3 rings (SSSR count). The van der Waals surface area contributed by atoms with E-state index in [0.29, 0.717) is 24.2 Å². The second-order valence-electron chi connectivity index (χ2n) is 5.33. The molecule has 4 nitrogen and oxygen atoms in total. The zero-order valence-electron chi connectivity index (χ0n) is 11.9. The third kappa shape index (κ3) is 2.84. The summed E-state index contributed by atoms with van der Waals surface area (Å²) in [5, 5.41) is 9.44. The standard InChI is InChI=1S/C16H16FNO3S/c17-14-9-13(10-15(19)11-14)12-3-5-16(6-4-12)22(20,21)18-7-1-2-8-18/h3-6,9-11,19H,1-2,7-8H2. The zero-order valence-corrected chi connectivity index (χ0v) is 12.7. The van der Waals surface area contributed by atoms with Crippen LogP contribution in [0.1, 0.15) is 12.8 Å². The van der Waals surface area contributed by atoms with E-state index in [2.05, 4.69) is 0 Å². The molecule has 1 aliphatic rings. The van der Waals surface area contributed by atoms with Gasteiger partial charge < -0.3 is 5.11 Å². The van der Waals surface area contributed by atoms with E-state index >= 15 is 0 Å².